The molecule has 1 fully saturated rings. The molecule has 0 unspecified atom stereocenters. The van der Waals surface area contributed by atoms with E-state index in [2.05, 4.69) is 52.4 Å². The monoisotopic (exact) mass is 387 g/mol. The normalized spacial score (nSPS) is 14.9. The molecule has 1 heterocycles. The molecule has 29 heavy (non-hydrogen) atoms. The predicted molar refractivity (Wildman–Crippen MR) is 121 cm³/mol. The van der Waals surface area contributed by atoms with Gasteiger partial charge >= 0.3 is 0 Å². The Balaban J connectivity index is 1.19. The van der Waals surface area contributed by atoms with Crippen molar-refractivity contribution >= 4 is 22.4 Å². The second kappa shape index (κ2) is 9.10. The number of fused-ring (bicyclic) bond motifs is 1. The number of amides is 1. The van der Waals surface area contributed by atoms with E-state index in [1.165, 1.54) is 11.3 Å². The van der Waals surface area contributed by atoms with Gasteiger partial charge in [-0.25, -0.2) is 0 Å². The van der Waals surface area contributed by atoms with Crippen molar-refractivity contribution in [3.05, 3.63) is 77.9 Å². The Morgan fingerprint density at radius 3 is 2.38 bits per heavy atom. The fraction of sp³-hybridized carbons (Fsp3) is 0.320. The fourth-order valence-corrected chi connectivity index (χ4v) is 3.92. The highest BCUT2D eigenvalue weighted by Crippen LogP contribution is 2.17. The number of piperazine rings is 1. The molecule has 0 aliphatic carbocycles. The summed E-state index contributed by atoms with van der Waals surface area (Å²) in [5, 5.41) is 5.33. The number of aryl methyl sites for hydroxylation is 1. The number of hydrogen-bond acceptors (Lipinski definition) is 3. The van der Waals surface area contributed by atoms with Crippen molar-refractivity contribution in [2.75, 3.05) is 44.2 Å². The van der Waals surface area contributed by atoms with Crippen LogP contribution in [0.5, 0.6) is 0 Å². The smallest absolute Gasteiger partial charge is 0.251 e. The minimum atomic E-state index is 0.0138. The Labute approximate surface area is 173 Å². The molecule has 0 saturated carbocycles. The highest BCUT2D eigenvalue weighted by Gasteiger charge is 2.16. The summed E-state index contributed by atoms with van der Waals surface area (Å²) in [6.07, 6.45) is 0.976. The summed E-state index contributed by atoms with van der Waals surface area (Å²) in [6.45, 7) is 8.14. The molecular formula is C25H29N3O. The average molecular weight is 388 g/mol. The molecule has 0 spiro atoms. The molecule has 1 amide bonds. The number of nitrogens with one attached hydrogen (secondary N) is 1. The standard InChI is InChI=1S/C25H29N3O/c1-20-7-11-24(12-8-20)28-17-15-27(16-18-28)14-4-13-26-25(29)23-10-9-21-5-2-3-6-22(21)19-23/h2-3,5-12,19H,4,13-18H2,1H3,(H,26,29). The van der Waals surface area contributed by atoms with Crippen LogP contribution in [0.15, 0.2) is 66.7 Å². The van der Waals surface area contributed by atoms with Crippen LogP contribution in [0.25, 0.3) is 10.8 Å². The van der Waals surface area contributed by atoms with Crippen LogP contribution in [0.4, 0.5) is 5.69 Å². The minimum absolute atomic E-state index is 0.0138. The lowest BCUT2D eigenvalue weighted by Gasteiger charge is -2.36. The molecule has 3 aromatic carbocycles. The summed E-state index contributed by atoms with van der Waals surface area (Å²) in [5.74, 6) is 0.0138. The summed E-state index contributed by atoms with van der Waals surface area (Å²) in [4.78, 5) is 17.4. The van der Waals surface area contributed by atoms with Gasteiger partial charge in [0.1, 0.15) is 0 Å². The number of benzene rings is 3. The summed E-state index contributed by atoms with van der Waals surface area (Å²) >= 11 is 0. The van der Waals surface area contributed by atoms with Crippen LogP contribution >= 0.6 is 0 Å². The van der Waals surface area contributed by atoms with Crippen molar-refractivity contribution < 1.29 is 4.79 Å². The van der Waals surface area contributed by atoms with E-state index in [-0.39, 0.29) is 5.91 Å². The Morgan fingerprint density at radius 2 is 1.62 bits per heavy atom. The van der Waals surface area contributed by atoms with Crippen LogP contribution in [0.2, 0.25) is 0 Å². The van der Waals surface area contributed by atoms with Gasteiger partial charge in [-0.2, -0.15) is 0 Å². The van der Waals surface area contributed by atoms with Crippen LogP contribution in [-0.4, -0.2) is 50.1 Å². The molecule has 1 aliphatic rings. The number of hydrogen-bond donors (Lipinski definition) is 1. The number of anilines is 1. The van der Waals surface area contributed by atoms with Gasteiger partial charge < -0.3 is 10.2 Å². The summed E-state index contributed by atoms with van der Waals surface area (Å²) in [6, 6.07) is 22.8. The third-order valence-corrected chi connectivity index (χ3v) is 5.72. The molecule has 1 N–H and O–H groups in total. The van der Waals surface area contributed by atoms with E-state index in [0.717, 1.165) is 55.5 Å². The van der Waals surface area contributed by atoms with Crippen molar-refractivity contribution in [1.82, 2.24) is 10.2 Å². The highest BCUT2D eigenvalue weighted by atomic mass is 16.1. The van der Waals surface area contributed by atoms with E-state index < -0.39 is 0 Å². The molecule has 1 aliphatic heterocycles. The van der Waals surface area contributed by atoms with Gasteiger partial charge in [0.25, 0.3) is 5.91 Å². The van der Waals surface area contributed by atoms with Gasteiger partial charge in [-0.1, -0.05) is 48.0 Å². The zero-order chi connectivity index (χ0) is 20.1. The van der Waals surface area contributed by atoms with Gasteiger partial charge in [-0.05, 0) is 54.9 Å². The third-order valence-electron chi connectivity index (χ3n) is 5.72. The first kappa shape index (κ1) is 19.5. The van der Waals surface area contributed by atoms with Crippen molar-refractivity contribution in [2.24, 2.45) is 0 Å². The molecule has 150 valence electrons. The predicted octanol–water partition coefficient (Wildman–Crippen LogP) is 4.09. The van der Waals surface area contributed by atoms with Crippen LogP contribution in [0.1, 0.15) is 22.3 Å². The molecule has 1 saturated heterocycles. The van der Waals surface area contributed by atoms with Gasteiger partial charge in [-0.3, -0.25) is 9.69 Å². The van der Waals surface area contributed by atoms with E-state index in [9.17, 15) is 4.79 Å². The molecule has 0 bridgehead atoms. The number of carbonyl (C=O) groups excluding carboxylic acids is 1. The number of nitrogens with zero attached hydrogens (tertiary/aromatic N) is 2. The Kier molecular flexibility index (Phi) is 6.11. The SMILES string of the molecule is Cc1ccc(N2CCN(CCCNC(=O)c3ccc4ccccc4c3)CC2)cc1. The van der Waals surface area contributed by atoms with E-state index in [1.54, 1.807) is 0 Å². The zero-order valence-corrected chi connectivity index (χ0v) is 17.1. The summed E-state index contributed by atoms with van der Waals surface area (Å²) < 4.78 is 0. The van der Waals surface area contributed by atoms with E-state index in [1.807, 2.05) is 36.4 Å². The van der Waals surface area contributed by atoms with Gasteiger partial charge in [0.2, 0.25) is 0 Å². The molecule has 4 nitrogen and oxygen atoms in total. The van der Waals surface area contributed by atoms with Crippen LogP contribution < -0.4 is 10.2 Å². The third kappa shape index (κ3) is 4.96. The van der Waals surface area contributed by atoms with Gasteiger partial charge in [0.15, 0.2) is 0 Å². The summed E-state index contributed by atoms with van der Waals surface area (Å²) in [7, 11) is 0. The van der Waals surface area contributed by atoms with Gasteiger partial charge in [0.05, 0.1) is 0 Å². The maximum Gasteiger partial charge on any atom is 0.251 e. The van der Waals surface area contributed by atoms with Crippen molar-refractivity contribution in [2.45, 2.75) is 13.3 Å². The van der Waals surface area contributed by atoms with Gasteiger partial charge in [0, 0.05) is 44.0 Å². The first-order valence-corrected chi connectivity index (χ1v) is 10.5. The second-order valence-corrected chi connectivity index (χ2v) is 7.84. The van der Waals surface area contributed by atoms with E-state index in [0.29, 0.717) is 6.54 Å². The molecule has 0 aromatic heterocycles. The first-order chi connectivity index (χ1) is 14.2. The van der Waals surface area contributed by atoms with Crippen LogP contribution in [-0.2, 0) is 0 Å². The first-order valence-electron chi connectivity index (χ1n) is 10.5. The Bertz CT molecular complexity index is 959. The minimum Gasteiger partial charge on any atom is -0.369 e. The lowest BCUT2D eigenvalue weighted by molar-refractivity contribution is 0.0951. The second-order valence-electron chi connectivity index (χ2n) is 7.84. The zero-order valence-electron chi connectivity index (χ0n) is 17.1. The Hall–Kier alpha value is -2.85. The van der Waals surface area contributed by atoms with Crippen LogP contribution in [0, 0.1) is 6.92 Å². The molecular weight excluding hydrogens is 358 g/mol. The lowest BCUT2D eigenvalue weighted by atomic mass is 10.1. The maximum atomic E-state index is 12.4. The molecule has 4 heteroatoms. The Morgan fingerprint density at radius 1 is 0.897 bits per heavy atom. The average Bonchev–Trinajstić information content (AvgIpc) is 2.77. The van der Waals surface area contributed by atoms with Gasteiger partial charge in [-0.15, -0.1) is 0 Å². The van der Waals surface area contributed by atoms with Crippen LogP contribution in [0.3, 0.4) is 0 Å². The number of rotatable bonds is 6. The van der Waals surface area contributed by atoms with E-state index in [4.69, 9.17) is 0 Å². The highest BCUT2D eigenvalue weighted by molar-refractivity contribution is 5.98. The number of carbonyl (C=O) groups is 1. The van der Waals surface area contributed by atoms with Crippen molar-refractivity contribution in [3.8, 4) is 0 Å². The van der Waals surface area contributed by atoms with Crippen molar-refractivity contribution in [1.29, 1.82) is 0 Å². The molecule has 0 atom stereocenters. The quantitative estimate of drug-likeness (QED) is 0.647. The fourth-order valence-electron chi connectivity index (χ4n) is 3.92. The van der Waals surface area contributed by atoms with Crippen molar-refractivity contribution in [3.63, 3.8) is 0 Å². The lowest BCUT2D eigenvalue weighted by Crippen LogP contribution is -2.47. The largest absolute Gasteiger partial charge is 0.369 e. The van der Waals surface area contributed by atoms with E-state index >= 15 is 0 Å². The topological polar surface area (TPSA) is 35.6 Å². The molecule has 4 rings (SSSR count). The summed E-state index contributed by atoms with van der Waals surface area (Å²) in [5.41, 5.74) is 3.35. The maximum absolute atomic E-state index is 12.4. The molecule has 3 aromatic rings. The molecule has 0 radical (unpaired) electrons.